The minimum atomic E-state index is -0.454. The van der Waals surface area contributed by atoms with E-state index in [4.69, 9.17) is 17.0 Å². The van der Waals surface area contributed by atoms with Crippen LogP contribution in [0.25, 0.3) is 0 Å². The quantitative estimate of drug-likeness (QED) is 0.466. The van der Waals surface area contributed by atoms with E-state index in [1.54, 1.807) is 23.7 Å². The number of amides is 3. The van der Waals surface area contributed by atoms with Crippen LogP contribution >= 0.6 is 24.0 Å². The number of hydrogen-bond donors (Lipinski definition) is 3. The van der Waals surface area contributed by atoms with Crippen molar-refractivity contribution < 1.29 is 14.3 Å². The van der Waals surface area contributed by atoms with Crippen LogP contribution in [0.4, 0.5) is 9.59 Å². The largest absolute Gasteiger partial charge is 0.444 e. The summed E-state index contributed by atoms with van der Waals surface area (Å²) in [6, 6.07) is -0.151. The second kappa shape index (κ2) is 11.5. The molecule has 0 radical (unpaired) electrons. The number of rotatable bonds is 6. The zero-order valence-electron chi connectivity index (χ0n) is 16.2. The highest BCUT2D eigenvalue weighted by Crippen LogP contribution is 2.25. The maximum atomic E-state index is 12.1. The average Bonchev–Trinajstić information content (AvgIpc) is 2.56. The van der Waals surface area contributed by atoms with Crippen molar-refractivity contribution in [3.63, 3.8) is 0 Å². The summed E-state index contributed by atoms with van der Waals surface area (Å²) in [6.45, 7) is 8.52. The Balaban J connectivity index is 2.12. The molecule has 0 bridgehead atoms. The molecule has 3 amide bonds. The Morgan fingerprint density at radius 3 is 2.27 bits per heavy atom. The van der Waals surface area contributed by atoms with Crippen LogP contribution in [-0.4, -0.2) is 65.4 Å². The lowest BCUT2D eigenvalue weighted by molar-refractivity contribution is 0.0219. The molecule has 0 unspecified atom stereocenters. The van der Waals surface area contributed by atoms with E-state index in [9.17, 15) is 9.59 Å². The molecule has 0 aromatic carbocycles. The van der Waals surface area contributed by atoms with Gasteiger partial charge in [0.2, 0.25) is 0 Å². The summed E-state index contributed by atoms with van der Waals surface area (Å²) in [5.74, 6) is 0. The number of thioether (sulfide) groups is 1. The molecular weight excluding hydrogens is 372 g/mol. The van der Waals surface area contributed by atoms with Gasteiger partial charge >= 0.3 is 12.1 Å². The minimum Gasteiger partial charge on any atom is -0.444 e. The average molecular weight is 405 g/mol. The molecule has 26 heavy (non-hydrogen) atoms. The smallest absolute Gasteiger partial charge is 0.410 e. The number of likely N-dealkylation sites (tertiary alicyclic amines) is 1. The van der Waals surface area contributed by atoms with Crippen molar-refractivity contribution in [2.45, 2.75) is 57.3 Å². The van der Waals surface area contributed by atoms with E-state index in [0.29, 0.717) is 24.9 Å². The van der Waals surface area contributed by atoms with Crippen molar-refractivity contribution in [1.82, 2.24) is 20.9 Å². The van der Waals surface area contributed by atoms with Gasteiger partial charge in [0.1, 0.15) is 9.92 Å². The summed E-state index contributed by atoms with van der Waals surface area (Å²) in [5, 5.41) is 8.97. The van der Waals surface area contributed by atoms with Crippen LogP contribution < -0.4 is 16.0 Å². The molecule has 3 N–H and O–H groups in total. The molecule has 0 aromatic rings. The first-order chi connectivity index (χ1) is 12.2. The van der Waals surface area contributed by atoms with Crippen molar-refractivity contribution in [2.75, 3.05) is 33.2 Å². The third-order valence-electron chi connectivity index (χ3n) is 3.75. The number of piperidine rings is 1. The number of carbonyl (C=O) groups is 2. The summed E-state index contributed by atoms with van der Waals surface area (Å²) in [7, 11) is 1.60. The van der Waals surface area contributed by atoms with E-state index in [2.05, 4.69) is 16.0 Å². The number of carbonyl (C=O) groups excluding carboxylic acids is 2. The second-order valence-corrected chi connectivity index (χ2v) is 9.19. The number of unbranched alkanes of at least 4 members (excludes halogenated alkanes) is 1. The Hall–Kier alpha value is -1.22. The molecule has 1 fully saturated rings. The third kappa shape index (κ3) is 10.1. The molecular formula is C17H32N4O3S2. The van der Waals surface area contributed by atoms with Gasteiger partial charge in [0, 0.05) is 38.5 Å². The predicted octanol–water partition coefficient (Wildman–Crippen LogP) is 2.70. The van der Waals surface area contributed by atoms with Gasteiger partial charge in [0.25, 0.3) is 0 Å². The van der Waals surface area contributed by atoms with E-state index in [1.165, 1.54) is 0 Å². The van der Waals surface area contributed by atoms with Crippen molar-refractivity contribution in [1.29, 1.82) is 0 Å². The van der Waals surface area contributed by atoms with Gasteiger partial charge in [-0.2, -0.15) is 0 Å². The van der Waals surface area contributed by atoms with Crippen LogP contribution in [0.15, 0.2) is 0 Å². The van der Waals surface area contributed by atoms with Crippen LogP contribution in [0.1, 0.15) is 46.5 Å². The normalized spacial score (nSPS) is 15.3. The second-order valence-electron chi connectivity index (χ2n) is 7.21. The molecule has 7 nitrogen and oxygen atoms in total. The van der Waals surface area contributed by atoms with E-state index in [-0.39, 0.29) is 12.1 Å². The van der Waals surface area contributed by atoms with Crippen LogP contribution in [0.3, 0.4) is 0 Å². The molecule has 1 heterocycles. The maximum absolute atomic E-state index is 12.1. The molecule has 150 valence electrons. The Morgan fingerprint density at radius 2 is 1.73 bits per heavy atom. The fraction of sp³-hybridized carbons (Fsp3) is 0.824. The molecule has 1 rings (SSSR count). The summed E-state index contributed by atoms with van der Waals surface area (Å²) in [6.07, 6.45) is 3.46. The van der Waals surface area contributed by atoms with Gasteiger partial charge in [-0.15, -0.1) is 0 Å². The van der Waals surface area contributed by atoms with Crippen molar-refractivity contribution in [3.05, 3.63) is 0 Å². The maximum Gasteiger partial charge on any atom is 0.410 e. The van der Waals surface area contributed by atoms with Gasteiger partial charge in [-0.05, 0) is 46.5 Å². The lowest BCUT2D eigenvalue weighted by Gasteiger charge is -2.33. The lowest BCUT2D eigenvalue weighted by atomic mass is 10.1. The van der Waals surface area contributed by atoms with Crippen molar-refractivity contribution in [3.8, 4) is 0 Å². The summed E-state index contributed by atoms with van der Waals surface area (Å²) in [5.41, 5.74) is -0.454. The molecule has 1 saturated heterocycles. The zero-order chi connectivity index (χ0) is 19.6. The Kier molecular flexibility index (Phi) is 10.1. The predicted molar refractivity (Wildman–Crippen MR) is 111 cm³/mol. The standard InChI is InChI=1S/C17H32N4O3S2/c1-17(2,3)24-16(23)21-11-7-13(8-12-21)26-15(25)20-10-6-5-9-19-14(22)18-4/h13H,5-12H2,1-4H3,(H,20,25)(H2,18,19,22). The molecule has 0 spiro atoms. The number of nitrogens with one attached hydrogen (secondary N) is 3. The highest BCUT2D eigenvalue weighted by molar-refractivity contribution is 8.23. The van der Waals surface area contributed by atoms with Crippen LogP contribution in [0.2, 0.25) is 0 Å². The highest BCUT2D eigenvalue weighted by atomic mass is 32.2. The van der Waals surface area contributed by atoms with Crippen molar-refractivity contribution >= 4 is 40.4 Å². The number of thiocarbonyl (C=S) groups is 1. The Morgan fingerprint density at radius 1 is 1.15 bits per heavy atom. The minimum absolute atomic E-state index is 0.151. The molecule has 0 atom stereocenters. The van der Waals surface area contributed by atoms with E-state index >= 15 is 0 Å². The zero-order valence-corrected chi connectivity index (χ0v) is 17.9. The topological polar surface area (TPSA) is 82.7 Å². The number of hydrogen-bond acceptors (Lipinski definition) is 5. The first-order valence-electron chi connectivity index (χ1n) is 9.09. The van der Waals surface area contributed by atoms with Gasteiger partial charge in [-0.1, -0.05) is 24.0 Å². The molecule has 0 aliphatic carbocycles. The van der Waals surface area contributed by atoms with Gasteiger partial charge in [-0.3, -0.25) is 0 Å². The van der Waals surface area contributed by atoms with Crippen LogP contribution in [-0.2, 0) is 4.74 Å². The van der Waals surface area contributed by atoms with E-state index < -0.39 is 5.60 Å². The monoisotopic (exact) mass is 404 g/mol. The van der Waals surface area contributed by atoms with Gasteiger partial charge < -0.3 is 25.6 Å². The van der Waals surface area contributed by atoms with E-state index in [0.717, 1.165) is 36.5 Å². The highest BCUT2D eigenvalue weighted by Gasteiger charge is 2.27. The number of ether oxygens (including phenoxy) is 1. The lowest BCUT2D eigenvalue weighted by Crippen LogP contribution is -2.42. The first-order valence-corrected chi connectivity index (χ1v) is 10.4. The van der Waals surface area contributed by atoms with Gasteiger partial charge in [-0.25, -0.2) is 9.59 Å². The number of nitrogens with zero attached hydrogens (tertiary/aromatic N) is 1. The van der Waals surface area contributed by atoms with Gasteiger partial charge in [0.15, 0.2) is 0 Å². The fourth-order valence-electron chi connectivity index (χ4n) is 2.41. The summed E-state index contributed by atoms with van der Waals surface area (Å²) < 4.78 is 6.22. The molecule has 0 saturated carbocycles. The Labute approximate surface area is 166 Å². The Bertz CT molecular complexity index is 475. The fourth-order valence-corrected chi connectivity index (χ4v) is 3.85. The molecule has 1 aliphatic rings. The SMILES string of the molecule is CNC(=O)NCCCCNC(=S)SC1CCN(C(=O)OC(C)(C)C)CC1. The molecule has 1 aliphatic heterocycles. The first kappa shape index (κ1) is 22.8. The molecule has 0 aromatic heterocycles. The third-order valence-corrected chi connectivity index (χ3v) is 5.35. The molecule has 9 heteroatoms. The van der Waals surface area contributed by atoms with Crippen LogP contribution in [0, 0.1) is 0 Å². The van der Waals surface area contributed by atoms with Crippen molar-refractivity contribution in [2.24, 2.45) is 0 Å². The summed E-state index contributed by atoms with van der Waals surface area (Å²) in [4.78, 5) is 24.8. The van der Waals surface area contributed by atoms with Crippen LogP contribution in [0.5, 0.6) is 0 Å². The van der Waals surface area contributed by atoms with E-state index in [1.807, 2.05) is 20.8 Å². The number of urea groups is 1. The summed E-state index contributed by atoms with van der Waals surface area (Å²) >= 11 is 7.07. The van der Waals surface area contributed by atoms with Gasteiger partial charge in [0.05, 0.1) is 0 Å².